The molecule has 0 aliphatic rings. The maximum atomic E-state index is 13.9. The van der Waals surface area contributed by atoms with Crippen LogP contribution in [0.5, 0.6) is 5.75 Å². The Labute approximate surface area is 220 Å². The molecule has 0 aliphatic heterocycles. The fraction of sp³-hybridized carbons (Fsp3) is 0.276. The number of nitrogens with zero attached hydrogens (tertiary/aromatic N) is 4. The van der Waals surface area contributed by atoms with Crippen LogP contribution in [0.1, 0.15) is 53.6 Å². The smallest absolute Gasteiger partial charge is 0.273 e. The van der Waals surface area contributed by atoms with Gasteiger partial charge in [0.25, 0.3) is 17.2 Å². The maximum Gasteiger partial charge on any atom is 0.273 e. The van der Waals surface area contributed by atoms with E-state index in [9.17, 15) is 19.7 Å². The van der Waals surface area contributed by atoms with Gasteiger partial charge in [-0.25, -0.2) is 4.98 Å². The Morgan fingerprint density at radius 3 is 2.55 bits per heavy atom. The van der Waals surface area contributed by atoms with Gasteiger partial charge >= 0.3 is 0 Å². The number of carbonyl (C=O) groups excluding carboxylic acids is 1. The van der Waals surface area contributed by atoms with E-state index in [4.69, 9.17) is 9.72 Å². The number of rotatable bonds is 8. The molecule has 0 spiro atoms. The average molecular weight is 515 g/mol. The summed E-state index contributed by atoms with van der Waals surface area (Å²) in [6.07, 6.45) is 0.635. The average Bonchev–Trinajstić information content (AvgIpc) is 2.91. The quantitative estimate of drug-likeness (QED) is 0.226. The zero-order chi connectivity index (χ0) is 27.6. The molecule has 0 aliphatic carbocycles. The van der Waals surface area contributed by atoms with Crippen molar-refractivity contribution in [1.82, 2.24) is 14.5 Å². The standard InChI is InChI=1S/C29H30N4O5/c1-6-15-31(28(34)21-13-12-19(3)24(17-21)33(36)37)20(4)27-30-23-10-8-7-9-22(23)29(35)32(27)25-16-18(2)11-14-26(25)38-5/h7-14,16-17,20H,6,15H2,1-5H3. The molecule has 0 radical (unpaired) electrons. The van der Waals surface area contributed by atoms with Crippen molar-refractivity contribution in [2.45, 2.75) is 40.2 Å². The largest absolute Gasteiger partial charge is 0.495 e. The van der Waals surface area contributed by atoms with Crippen molar-refractivity contribution in [3.8, 4) is 11.4 Å². The second-order valence-corrected chi connectivity index (χ2v) is 9.24. The lowest BCUT2D eigenvalue weighted by molar-refractivity contribution is -0.385. The zero-order valence-electron chi connectivity index (χ0n) is 22.1. The Balaban J connectivity index is 1.94. The van der Waals surface area contributed by atoms with Crippen molar-refractivity contribution in [1.29, 1.82) is 0 Å². The van der Waals surface area contributed by atoms with Gasteiger partial charge in [-0.05, 0) is 63.1 Å². The highest BCUT2D eigenvalue weighted by Crippen LogP contribution is 2.30. The summed E-state index contributed by atoms with van der Waals surface area (Å²) >= 11 is 0. The van der Waals surface area contributed by atoms with Crippen molar-refractivity contribution in [3.63, 3.8) is 0 Å². The summed E-state index contributed by atoms with van der Waals surface area (Å²) in [5.74, 6) is 0.472. The molecule has 0 saturated heterocycles. The van der Waals surface area contributed by atoms with Crippen molar-refractivity contribution in [2.24, 2.45) is 0 Å². The van der Waals surface area contributed by atoms with Crippen LogP contribution in [0.4, 0.5) is 5.69 Å². The molecular weight excluding hydrogens is 484 g/mol. The van der Waals surface area contributed by atoms with Gasteiger partial charge in [0.05, 0.1) is 34.7 Å². The minimum Gasteiger partial charge on any atom is -0.495 e. The SMILES string of the molecule is CCCN(C(=O)c1ccc(C)c([N+](=O)[O-])c1)C(C)c1nc2ccccc2c(=O)n1-c1cc(C)ccc1OC. The van der Waals surface area contributed by atoms with E-state index in [1.807, 2.05) is 32.9 Å². The van der Waals surface area contributed by atoms with Gasteiger partial charge in [-0.3, -0.25) is 24.3 Å². The fourth-order valence-electron chi connectivity index (χ4n) is 4.59. The van der Waals surface area contributed by atoms with Crippen LogP contribution in [-0.4, -0.2) is 38.9 Å². The van der Waals surface area contributed by atoms with Gasteiger partial charge < -0.3 is 9.64 Å². The van der Waals surface area contributed by atoms with Crippen molar-refractivity contribution >= 4 is 22.5 Å². The van der Waals surface area contributed by atoms with Crippen LogP contribution in [-0.2, 0) is 0 Å². The van der Waals surface area contributed by atoms with Gasteiger partial charge in [-0.1, -0.05) is 31.2 Å². The van der Waals surface area contributed by atoms with Crippen molar-refractivity contribution in [3.05, 3.63) is 104 Å². The molecule has 1 unspecified atom stereocenters. The number of para-hydroxylation sites is 1. The molecule has 9 nitrogen and oxygen atoms in total. The Bertz CT molecular complexity index is 1590. The number of benzene rings is 3. The molecule has 0 N–H and O–H groups in total. The third-order valence-corrected chi connectivity index (χ3v) is 6.60. The number of aromatic nitrogens is 2. The van der Waals surface area contributed by atoms with Crippen LogP contribution in [0, 0.1) is 24.0 Å². The van der Waals surface area contributed by atoms with E-state index in [1.165, 1.54) is 17.7 Å². The van der Waals surface area contributed by atoms with E-state index in [2.05, 4.69) is 0 Å². The normalized spacial score (nSPS) is 11.8. The summed E-state index contributed by atoms with van der Waals surface area (Å²) in [7, 11) is 1.54. The van der Waals surface area contributed by atoms with E-state index in [0.29, 0.717) is 46.7 Å². The van der Waals surface area contributed by atoms with E-state index in [1.54, 1.807) is 54.3 Å². The van der Waals surface area contributed by atoms with E-state index < -0.39 is 11.0 Å². The molecule has 1 aromatic heterocycles. The summed E-state index contributed by atoms with van der Waals surface area (Å²) in [5.41, 5.74) is 2.22. The van der Waals surface area contributed by atoms with Crippen LogP contribution >= 0.6 is 0 Å². The Morgan fingerprint density at radius 2 is 1.87 bits per heavy atom. The minimum absolute atomic E-state index is 0.120. The molecule has 196 valence electrons. The first-order valence-electron chi connectivity index (χ1n) is 12.4. The first-order chi connectivity index (χ1) is 18.2. The van der Waals surface area contributed by atoms with Gasteiger partial charge in [0, 0.05) is 23.7 Å². The molecular formula is C29H30N4O5. The molecule has 1 amide bonds. The van der Waals surface area contributed by atoms with Crippen LogP contribution < -0.4 is 10.3 Å². The van der Waals surface area contributed by atoms with E-state index >= 15 is 0 Å². The van der Waals surface area contributed by atoms with Crippen LogP contribution in [0.25, 0.3) is 16.6 Å². The maximum absolute atomic E-state index is 13.9. The number of hydrogen-bond acceptors (Lipinski definition) is 6. The zero-order valence-corrected chi connectivity index (χ0v) is 22.1. The number of carbonyl (C=O) groups is 1. The number of amides is 1. The monoisotopic (exact) mass is 514 g/mol. The highest BCUT2D eigenvalue weighted by atomic mass is 16.6. The molecule has 4 aromatic rings. The van der Waals surface area contributed by atoms with Crippen molar-refractivity contribution < 1.29 is 14.5 Å². The molecule has 4 rings (SSSR count). The summed E-state index contributed by atoms with van der Waals surface area (Å²) in [5, 5.41) is 12.0. The number of hydrogen-bond donors (Lipinski definition) is 0. The highest BCUT2D eigenvalue weighted by Gasteiger charge is 2.29. The molecule has 0 fully saturated rings. The third kappa shape index (κ3) is 4.87. The lowest BCUT2D eigenvalue weighted by atomic mass is 10.1. The number of nitro benzene ring substituents is 1. The molecule has 1 atom stereocenters. The number of aryl methyl sites for hydroxylation is 2. The van der Waals surface area contributed by atoms with Gasteiger partial charge in [-0.15, -0.1) is 0 Å². The van der Waals surface area contributed by atoms with Crippen LogP contribution in [0.3, 0.4) is 0 Å². The van der Waals surface area contributed by atoms with Crippen molar-refractivity contribution in [2.75, 3.05) is 13.7 Å². The van der Waals surface area contributed by atoms with Gasteiger partial charge in [0.1, 0.15) is 11.6 Å². The minimum atomic E-state index is -0.648. The fourth-order valence-corrected chi connectivity index (χ4v) is 4.59. The highest BCUT2D eigenvalue weighted by molar-refractivity contribution is 5.95. The molecule has 9 heteroatoms. The Kier molecular flexibility index (Phi) is 7.57. The number of ether oxygens (including phenoxy) is 1. The predicted molar refractivity (Wildman–Crippen MR) is 146 cm³/mol. The topological polar surface area (TPSA) is 108 Å². The summed E-state index contributed by atoms with van der Waals surface area (Å²) in [6, 6.07) is 16.4. The van der Waals surface area contributed by atoms with Gasteiger partial charge in [0.2, 0.25) is 0 Å². The summed E-state index contributed by atoms with van der Waals surface area (Å²) in [4.78, 5) is 45.2. The first kappa shape index (κ1) is 26.5. The number of nitro groups is 1. The number of methoxy groups -OCH3 is 1. The van der Waals surface area contributed by atoms with E-state index in [0.717, 1.165) is 5.56 Å². The third-order valence-electron chi connectivity index (χ3n) is 6.60. The molecule has 38 heavy (non-hydrogen) atoms. The second kappa shape index (κ2) is 10.8. The first-order valence-corrected chi connectivity index (χ1v) is 12.4. The Hall–Kier alpha value is -4.53. The molecule has 1 heterocycles. The van der Waals surface area contributed by atoms with E-state index in [-0.39, 0.29) is 22.7 Å². The van der Waals surface area contributed by atoms with Gasteiger partial charge in [0.15, 0.2) is 0 Å². The predicted octanol–water partition coefficient (Wildman–Crippen LogP) is 5.53. The molecule has 3 aromatic carbocycles. The lowest BCUT2D eigenvalue weighted by Gasteiger charge is -2.30. The lowest BCUT2D eigenvalue weighted by Crippen LogP contribution is -2.38. The molecule has 0 bridgehead atoms. The molecule has 0 saturated carbocycles. The van der Waals surface area contributed by atoms with Crippen LogP contribution in [0.2, 0.25) is 0 Å². The summed E-state index contributed by atoms with van der Waals surface area (Å²) < 4.78 is 7.10. The van der Waals surface area contributed by atoms with Crippen LogP contribution in [0.15, 0.2) is 65.5 Å². The van der Waals surface area contributed by atoms with Gasteiger partial charge in [-0.2, -0.15) is 0 Å². The summed E-state index contributed by atoms with van der Waals surface area (Å²) in [6.45, 7) is 7.66. The Morgan fingerprint density at radius 1 is 1.13 bits per heavy atom. The number of fused-ring (bicyclic) bond motifs is 1. The second-order valence-electron chi connectivity index (χ2n) is 9.24.